The van der Waals surface area contributed by atoms with E-state index in [1.165, 1.54) is 53.1 Å². The van der Waals surface area contributed by atoms with Gasteiger partial charge in [0, 0.05) is 37.7 Å². The third-order valence-corrected chi connectivity index (χ3v) is 8.78. The maximum absolute atomic E-state index is 14.3. The quantitative estimate of drug-likeness (QED) is 0.129. The first kappa shape index (κ1) is 42.9. The van der Waals surface area contributed by atoms with E-state index in [2.05, 4.69) is 39.7 Å². The Morgan fingerprint density at radius 1 is 1.06 bits per heavy atom. The standard InChI is InChI=1S/C38H53BrFN5O6/c1-10-12-13-14-20-43(8)36(49)32(24-26-23-27(40)18-19-28(26)39)44(9)34(47)30(22-25(3)4)41-33(46)31(16-11-2)45-21-15-17-29(35(45)48)42-37(50)51-38(5,6)7/h10-11,15,17-19,21,23,25,30-32H,1-2,12-14,16,20,22,24H2,3-9H3,(H,41,46)(H,42,50)/t30-,31-,32-/m0/s1. The predicted molar refractivity (Wildman–Crippen MR) is 202 cm³/mol. The molecule has 0 saturated heterocycles. The fourth-order valence-electron chi connectivity index (χ4n) is 5.43. The summed E-state index contributed by atoms with van der Waals surface area (Å²) < 4.78 is 21.3. The second-order valence-corrected chi connectivity index (χ2v) is 14.8. The number of likely N-dealkylation sites (N-methyl/N-ethyl adjacent to an activating group) is 2. The van der Waals surface area contributed by atoms with Gasteiger partial charge in [0.25, 0.3) is 5.56 Å². The highest BCUT2D eigenvalue weighted by Gasteiger charge is 2.35. The van der Waals surface area contributed by atoms with E-state index in [0.717, 1.165) is 19.3 Å². The average molecular weight is 775 g/mol. The summed E-state index contributed by atoms with van der Waals surface area (Å²) >= 11 is 3.45. The maximum Gasteiger partial charge on any atom is 0.412 e. The lowest BCUT2D eigenvalue weighted by Crippen LogP contribution is -2.56. The van der Waals surface area contributed by atoms with Crippen LogP contribution in [0.3, 0.4) is 0 Å². The monoisotopic (exact) mass is 773 g/mol. The zero-order valence-corrected chi connectivity index (χ0v) is 32.4. The SMILES string of the molecule is C=CCCCCN(C)C(=O)[C@H](Cc1cc(F)ccc1Br)N(C)C(=O)[C@H](CC(C)C)NC(=O)[C@H](CC=C)n1cccc(NC(=O)OC(C)(C)C)c1=O. The van der Waals surface area contributed by atoms with Crippen molar-refractivity contribution in [3.8, 4) is 0 Å². The summed E-state index contributed by atoms with van der Waals surface area (Å²) in [7, 11) is 3.17. The Balaban J connectivity index is 2.46. The summed E-state index contributed by atoms with van der Waals surface area (Å²) in [5, 5.41) is 5.27. The molecular formula is C38H53BrFN5O6. The molecule has 0 bridgehead atoms. The molecule has 2 rings (SSSR count). The van der Waals surface area contributed by atoms with Crippen LogP contribution in [-0.2, 0) is 25.5 Å². The Bertz CT molecular complexity index is 1600. The van der Waals surface area contributed by atoms with Crippen LogP contribution in [0.1, 0.15) is 78.3 Å². The molecule has 51 heavy (non-hydrogen) atoms. The first-order valence-electron chi connectivity index (χ1n) is 17.1. The molecule has 1 aromatic heterocycles. The Kier molecular flexibility index (Phi) is 16.8. The molecule has 2 aromatic rings. The number of hydrogen-bond donors (Lipinski definition) is 2. The number of hydrogen-bond acceptors (Lipinski definition) is 6. The second-order valence-electron chi connectivity index (χ2n) is 13.9. The Labute approximate surface area is 309 Å². The van der Waals surface area contributed by atoms with Gasteiger partial charge in [-0.2, -0.15) is 0 Å². The number of anilines is 1. The van der Waals surface area contributed by atoms with Gasteiger partial charge in [-0.3, -0.25) is 24.5 Å². The van der Waals surface area contributed by atoms with Crippen LogP contribution in [0.15, 0.2) is 71.1 Å². The van der Waals surface area contributed by atoms with Crippen LogP contribution in [0.2, 0.25) is 0 Å². The number of unbranched alkanes of at least 4 members (excludes halogenated alkanes) is 2. The number of nitrogens with zero attached hydrogens (tertiary/aromatic N) is 3. The summed E-state index contributed by atoms with van der Waals surface area (Å²) in [5.74, 6) is -2.01. The molecule has 0 radical (unpaired) electrons. The molecule has 0 aliphatic heterocycles. The second kappa shape index (κ2) is 20.0. The van der Waals surface area contributed by atoms with E-state index < -0.39 is 53.0 Å². The number of rotatable bonds is 18. The highest BCUT2D eigenvalue weighted by Crippen LogP contribution is 2.23. The highest BCUT2D eigenvalue weighted by atomic mass is 79.9. The van der Waals surface area contributed by atoms with Gasteiger partial charge in [-0.05, 0) is 94.7 Å². The van der Waals surface area contributed by atoms with Gasteiger partial charge < -0.3 is 24.4 Å². The van der Waals surface area contributed by atoms with E-state index in [1.807, 2.05) is 19.9 Å². The van der Waals surface area contributed by atoms with Crippen molar-refractivity contribution in [2.45, 2.75) is 96.9 Å². The fourth-order valence-corrected chi connectivity index (χ4v) is 5.84. The first-order chi connectivity index (χ1) is 23.9. The Morgan fingerprint density at radius 3 is 2.35 bits per heavy atom. The Morgan fingerprint density at radius 2 is 1.75 bits per heavy atom. The summed E-state index contributed by atoms with van der Waals surface area (Å²) in [6.45, 7) is 16.8. The summed E-state index contributed by atoms with van der Waals surface area (Å²) in [5.41, 5.74) is -1.05. The minimum Gasteiger partial charge on any atom is -0.444 e. The molecule has 4 amide bonds. The highest BCUT2D eigenvalue weighted by molar-refractivity contribution is 9.10. The van der Waals surface area contributed by atoms with E-state index in [4.69, 9.17) is 4.74 Å². The molecule has 13 heteroatoms. The summed E-state index contributed by atoms with van der Waals surface area (Å²) in [4.78, 5) is 71.0. The van der Waals surface area contributed by atoms with Crippen molar-refractivity contribution in [1.82, 2.24) is 19.7 Å². The van der Waals surface area contributed by atoms with Gasteiger partial charge in [-0.25, -0.2) is 9.18 Å². The van der Waals surface area contributed by atoms with Crippen LogP contribution < -0.4 is 16.2 Å². The van der Waals surface area contributed by atoms with E-state index in [-0.39, 0.29) is 36.8 Å². The van der Waals surface area contributed by atoms with Crippen LogP contribution in [0, 0.1) is 11.7 Å². The summed E-state index contributed by atoms with van der Waals surface area (Å²) in [6.07, 6.45) is 6.54. The molecule has 11 nitrogen and oxygen atoms in total. The Hall–Kier alpha value is -4.26. The van der Waals surface area contributed by atoms with Crippen LogP contribution in [-0.4, -0.2) is 76.5 Å². The molecule has 0 spiro atoms. The number of ether oxygens (including phenoxy) is 1. The van der Waals surface area contributed by atoms with E-state index in [0.29, 0.717) is 16.6 Å². The lowest BCUT2D eigenvalue weighted by atomic mass is 9.99. The molecule has 2 N–H and O–H groups in total. The molecule has 3 atom stereocenters. The molecule has 0 aliphatic rings. The first-order valence-corrected chi connectivity index (χ1v) is 17.9. The zero-order chi connectivity index (χ0) is 38.5. The van der Waals surface area contributed by atoms with Crippen molar-refractivity contribution in [3.05, 3.63) is 88.0 Å². The minimum absolute atomic E-state index is 0.0185. The smallest absolute Gasteiger partial charge is 0.412 e. The predicted octanol–water partition coefficient (Wildman–Crippen LogP) is 6.63. The molecule has 0 fully saturated rings. The molecule has 1 heterocycles. The van der Waals surface area contributed by atoms with Crippen molar-refractivity contribution in [2.24, 2.45) is 5.92 Å². The average Bonchev–Trinajstić information content (AvgIpc) is 3.04. The van der Waals surface area contributed by atoms with E-state index in [9.17, 15) is 28.4 Å². The van der Waals surface area contributed by atoms with Crippen LogP contribution in [0.4, 0.5) is 14.9 Å². The van der Waals surface area contributed by atoms with Gasteiger partial charge in [0.1, 0.15) is 35.2 Å². The maximum atomic E-state index is 14.3. The summed E-state index contributed by atoms with van der Waals surface area (Å²) in [6, 6.07) is 3.87. The van der Waals surface area contributed by atoms with Crippen LogP contribution in [0.25, 0.3) is 0 Å². The number of nitrogens with one attached hydrogen (secondary N) is 2. The number of allylic oxidation sites excluding steroid dienone is 2. The molecule has 0 saturated carbocycles. The van der Waals surface area contributed by atoms with Crippen molar-refractivity contribution in [1.29, 1.82) is 0 Å². The van der Waals surface area contributed by atoms with E-state index in [1.54, 1.807) is 38.8 Å². The van der Waals surface area contributed by atoms with Crippen LogP contribution >= 0.6 is 15.9 Å². The van der Waals surface area contributed by atoms with Gasteiger partial charge in [-0.1, -0.05) is 41.9 Å². The van der Waals surface area contributed by atoms with Crippen molar-refractivity contribution >= 4 is 45.4 Å². The third-order valence-electron chi connectivity index (χ3n) is 8.01. The number of halogens is 2. The topological polar surface area (TPSA) is 130 Å². The van der Waals surface area contributed by atoms with Gasteiger partial charge >= 0.3 is 6.09 Å². The molecule has 1 aromatic carbocycles. The lowest BCUT2D eigenvalue weighted by Gasteiger charge is -2.34. The zero-order valence-electron chi connectivity index (χ0n) is 30.8. The third kappa shape index (κ3) is 13.4. The molecule has 0 aliphatic carbocycles. The molecule has 0 unspecified atom stereocenters. The van der Waals surface area contributed by atoms with Crippen molar-refractivity contribution in [3.63, 3.8) is 0 Å². The minimum atomic E-state index is -1.12. The normalized spacial score (nSPS) is 13.1. The number of carbonyl (C=O) groups is 4. The van der Waals surface area contributed by atoms with Gasteiger partial charge in [-0.15, -0.1) is 13.2 Å². The van der Waals surface area contributed by atoms with E-state index >= 15 is 0 Å². The fraction of sp³-hybridized carbons (Fsp3) is 0.500. The van der Waals surface area contributed by atoms with Gasteiger partial charge in [0.05, 0.1) is 0 Å². The van der Waals surface area contributed by atoms with Crippen molar-refractivity contribution in [2.75, 3.05) is 26.0 Å². The number of pyridine rings is 1. The number of benzene rings is 1. The van der Waals surface area contributed by atoms with Gasteiger partial charge in [0.15, 0.2) is 0 Å². The van der Waals surface area contributed by atoms with Crippen molar-refractivity contribution < 1.29 is 28.3 Å². The molecular weight excluding hydrogens is 721 g/mol. The van der Waals surface area contributed by atoms with Gasteiger partial charge in [0.2, 0.25) is 17.7 Å². The lowest BCUT2D eigenvalue weighted by molar-refractivity contribution is -0.146. The number of aromatic nitrogens is 1. The number of carbonyl (C=O) groups excluding carboxylic acids is 4. The largest absolute Gasteiger partial charge is 0.444 e. The number of amides is 4. The molecule has 280 valence electrons. The van der Waals surface area contributed by atoms with Crippen LogP contribution in [0.5, 0.6) is 0 Å².